The Morgan fingerprint density at radius 1 is 0.906 bits per heavy atom. The maximum Gasteiger partial charge on any atom is 0.326 e. The molecule has 9 nitrogen and oxygen atoms in total. The van der Waals surface area contributed by atoms with Crippen LogP contribution in [0.5, 0.6) is 0 Å². The summed E-state index contributed by atoms with van der Waals surface area (Å²) in [6.07, 6.45) is 5.93. The second kappa shape index (κ2) is 10.8. The summed E-state index contributed by atoms with van der Waals surface area (Å²) >= 11 is 0. The third-order valence-corrected chi connectivity index (χ3v) is 4.03. The summed E-state index contributed by atoms with van der Waals surface area (Å²) in [7, 11) is 0. The second-order valence-electron chi connectivity index (χ2n) is 6.41. The van der Waals surface area contributed by atoms with Gasteiger partial charge in [-0.05, 0) is 23.8 Å². The first kappa shape index (κ1) is 21.9. The molecule has 0 bridgehead atoms. The Balaban J connectivity index is 1.77. The topological polar surface area (TPSA) is 136 Å². The molecule has 1 aromatic heterocycles. The number of hydrazone groups is 1. The van der Waals surface area contributed by atoms with Gasteiger partial charge in [0.2, 0.25) is 0 Å². The van der Waals surface area contributed by atoms with Crippen LogP contribution in [0.25, 0.3) is 6.08 Å². The van der Waals surface area contributed by atoms with Crippen LogP contribution in [0.1, 0.15) is 21.6 Å². The summed E-state index contributed by atoms with van der Waals surface area (Å²) in [5.74, 6) is -1.17. The van der Waals surface area contributed by atoms with Crippen molar-refractivity contribution in [1.82, 2.24) is 20.7 Å². The van der Waals surface area contributed by atoms with Crippen molar-refractivity contribution in [2.24, 2.45) is 5.10 Å². The Bertz CT molecular complexity index is 1260. The highest BCUT2D eigenvalue weighted by atomic mass is 16.2. The highest BCUT2D eigenvalue weighted by molar-refractivity contribution is 6.03. The molecular formula is C23H19N5O4. The maximum atomic E-state index is 12.6. The standard InChI is InChI=1S/C23H19N5O4/c29-20-14-18(25-23(32)27-20)15-24-28-22(31)19(13-7-10-16-8-3-1-4-9-16)26-21(30)17-11-5-2-6-12-17/h1-15H,(H,26,30)(H,28,31)(H2,25,27,29,32)/b10-7+,19-13-,24-15+. The van der Waals surface area contributed by atoms with Crippen molar-refractivity contribution < 1.29 is 9.59 Å². The number of nitrogens with one attached hydrogen (secondary N) is 4. The van der Waals surface area contributed by atoms with E-state index in [9.17, 15) is 19.2 Å². The average Bonchev–Trinajstić information content (AvgIpc) is 2.79. The number of hydrogen-bond donors (Lipinski definition) is 4. The molecule has 4 N–H and O–H groups in total. The number of rotatable bonds is 7. The summed E-state index contributed by atoms with van der Waals surface area (Å²) in [4.78, 5) is 52.1. The van der Waals surface area contributed by atoms with E-state index in [4.69, 9.17) is 0 Å². The first-order chi connectivity index (χ1) is 15.5. The molecule has 32 heavy (non-hydrogen) atoms. The van der Waals surface area contributed by atoms with Crippen LogP contribution in [-0.2, 0) is 4.79 Å². The molecule has 2 aromatic carbocycles. The predicted molar refractivity (Wildman–Crippen MR) is 121 cm³/mol. The van der Waals surface area contributed by atoms with Crippen molar-refractivity contribution in [3.8, 4) is 0 Å². The molecule has 0 fully saturated rings. The van der Waals surface area contributed by atoms with Gasteiger partial charge in [0.1, 0.15) is 5.70 Å². The van der Waals surface area contributed by atoms with Crippen LogP contribution >= 0.6 is 0 Å². The van der Waals surface area contributed by atoms with E-state index in [1.165, 1.54) is 6.08 Å². The minimum Gasteiger partial charge on any atom is -0.317 e. The molecule has 3 rings (SSSR count). The molecule has 0 aliphatic carbocycles. The van der Waals surface area contributed by atoms with E-state index in [0.29, 0.717) is 5.56 Å². The molecule has 0 aliphatic heterocycles. The van der Waals surface area contributed by atoms with E-state index in [1.807, 2.05) is 35.3 Å². The van der Waals surface area contributed by atoms with Gasteiger partial charge in [-0.15, -0.1) is 0 Å². The van der Waals surface area contributed by atoms with Gasteiger partial charge in [-0.1, -0.05) is 60.7 Å². The van der Waals surface area contributed by atoms with Crippen molar-refractivity contribution >= 4 is 24.1 Å². The van der Waals surface area contributed by atoms with Crippen LogP contribution in [0.3, 0.4) is 0 Å². The van der Waals surface area contributed by atoms with E-state index < -0.39 is 23.1 Å². The average molecular weight is 429 g/mol. The maximum absolute atomic E-state index is 12.6. The van der Waals surface area contributed by atoms with Gasteiger partial charge in [-0.25, -0.2) is 10.2 Å². The lowest BCUT2D eigenvalue weighted by molar-refractivity contribution is -0.117. The Morgan fingerprint density at radius 3 is 2.28 bits per heavy atom. The predicted octanol–water partition coefficient (Wildman–Crippen LogP) is 1.54. The smallest absolute Gasteiger partial charge is 0.317 e. The molecule has 0 atom stereocenters. The molecule has 0 aliphatic rings. The zero-order valence-electron chi connectivity index (χ0n) is 16.7. The van der Waals surface area contributed by atoms with E-state index in [2.05, 4.69) is 20.8 Å². The third kappa shape index (κ3) is 6.63. The molecule has 1 heterocycles. The molecule has 0 spiro atoms. The first-order valence-corrected chi connectivity index (χ1v) is 9.48. The lowest BCUT2D eigenvalue weighted by Crippen LogP contribution is -2.33. The van der Waals surface area contributed by atoms with Gasteiger partial charge in [0.25, 0.3) is 17.4 Å². The lowest BCUT2D eigenvalue weighted by atomic mass is 10.2. The van der Waals surface area contributed by atoms with Crippen LogP contribution in [0.15, 0.2) is 99.3 Å². The number of aromatic nitrogens is 2. The van der Waals surface area contributed by atoms with Crippen molar-refractivity contribution in [1.29, 1.82) is 0 Å². The number of aromatic amines is 2. The molecule has 9 heteroatoms. The number of hydrogen-bond acceptors (Lipinski definition) is 5. The number of benzene rings is 2. The van der Waals surface area contributed by atoms with Crippen molar-refractivity contribution in [2.45, 2.75) is 0 Å². The quantitative estimate of drug-likeness (QED) is 0.196. The van der Waals surface area contributed by atoms with E-state index in [0.717, 1.165) is 17.8 Å². The summed E-state index contributed by atoms with van der Waals surface area (Å²) in [6.45, 7) is 0. The number of H-pyrrole nitrogens is 2. The van der Waals surface area contributed by atoms with Crippen molar-refractivity contribution in [3.63, 3.8) is 0 Å². The molecule has 2 amide bonds. The Kier molecular flexibility index (Phi) is 7.42. The first-order valence-electron chi connectivity index (χ1n) is 9.48. The van der Waals surface area contributed by atoms with Crippen molar-refractivity contribution in [2.75, 3.05) is 0 Å². The molecule has 0 saturated carbocycles. The van der Waals surface area contributed by atoms with Gasteiger partial charge in [0.15, 0.2) is 0 Å². The zero-order valence-corrected chi connectivity index (χ0v) is 16.7. The fourth-order valence-electron chi connectivity index (χ4n) is 2.56. The molecule has 0 radical (unpaired) electrons. The monoisotopic (exact) mass is 429 g/mol. The Hall–Kier alpha value is -4.79. The number of carbonyl (C=O) groups is 2. The van der Waals surface area contributed by atoms with Gasteiger partial charge in [-0.3, -0.25) is 19.4 Å². The fraction of sp³-hybridized carbons (Fsp3) is 0. The fourth-order valence-corrected chi connectivity index (χ4v) is 2.56. The molecule has 0 unspecified atom stereocenters. The van der Waals surface area contributed by atoms with E-state index >= 15 is 0 Å². The normalized spacial score (nSPS) is 11.6. The molecule has 160 valence electrons. The Labute approximate surface area is 182 Å². The summed E-state index contributed by atoms with van der Waals surface area (Å²) in [5, 5.41) is 6.29. The molecule has 0 saturated heterocycles. The Morgan fingerprint density at radius 2 is 1.59 bits per heavy atom. The van der Waals surface area contributed by atoms with Gasteiger partial charge in [-0.2, -0.15) is 5.10 Å². The highest BCUT2D eigenvalue weighted by Gasteiger charge is 2.13. The van der Waals surface area contributed by atoms with Crippen LogP contribution in [0, 0.1) is 0 Å². The van der Waals surface area contributed by atoms with Gasteiger partial charge in [0.05, 0.1) is 11.9 Å². The van der Waals surface area contributed by atoms with Gasteiger partial charge in [0, 0.05) is 11.6 Å². The second-order valence-corrected chi connectivity index (χ2v) is 6.41. The number of nitrogens with zero attached hydrogens (tertiary/aromatic N) is 1. The lowest BCUT2D eigenvalue weighted by Gasteiger charge is -2.08. The van der Waals surface area contributed by atoms with Crippen molar-refractivity contribution in [3.05, 3.63) is 122 Å². The minimum atomic E-state index is -0.702. The van der Waals surface area contributed by atoms with Crippen LogP contribution in [0.2, 0.25) is 0 Å². The van der Waals surface area contributed by atoms with Crippen LogP contribution in [0.4, 0.5) is 0 Å². The van der Waals surface area contributed by atoms with Crippen LogP contribution in [-0.4, -0.2) is 28.0 Å². The van der Waals surface area contributed by atoms with Gasteiger partial charge < -0.3 is 10.3 Å². The van der Waals surface area contributed by atoms with E-state index in [-0.39, 0.29) is 11.4 Å². The largest absolute Gasteiger partial charge is 0.326 e. The summed E-state index contributed by atoms with van der Waals surface area (Å²) in [6, 6.07) is 18.9. The van der Waals surface area contributed by atoms with E-state index in [1.54, 1.807) is 42.5 Å². The molecular weight excluding hydrogens is 410 g/mol. The zero-order chi connectivity index (χ0) is 22.8. The molecule has 3 aromatic rings. The number of carbonyl (C=O) groups excluding carboxylic acids is 2. The van der Waals surface area contributed by atoms with Crippen LogP contribution < -0.4 is 22.0 Å². The highest BCUT2D eigenvalue weighted by Crippen LogP contribution is 2.04. The number of allylic oxidation sites excluding steroid dienone is 2. The minimum absolute atomic E-state index is 0.0532. The van der Waals surface area contributed by atoms with Gasteiger partial charge >= 0.3 is 5.69 Å². The SMILES string of the molecule is O=C(N/N=C/c1cc(=O)[nH]c(=O)[nH]1)/C(=C/C=C/c1ccccc1)NC(=O)c1ccccc1. The third-order valence-electron chi connectivity index (χ3n) is 4.03. The number of amides is 2. The summed E-state index contributed by atoms with van der Waals surface area (Å²) < 4.78 is 0. The summed E-state index contributed by atoms with van der Waals surface area (Å²) in [5.41, 5.74) is 2.28.